The Bertz CT molecular complexity index is 478. The molecule has 1 aromatic rings. The number of hydrogen-bond acceptors (Lipinski definition) is 4. The van der Waals surface area contributed by atoms with Crippen molar-refractivity contribution in [1.82, 2.24) is 10.3 Å². The molecular formula is C14H20N4O. The molecule has 3 rings (SSSR count). The first-order valence-corrected chi connectivity index (χ1v) is 6.89. The lowest BCUT2D eigenvalue weighted by molar-refractivity contribution is 0.100. The van der Waals surface area contributed by atoms with Crippen molar-refractivity contribution >= 4 is 11.7 Å². The van der Waals surface area contributed by atoms with Crippen LogP contribution in [0, 0.1) is 0 Å². The number of nitrogens with zero attached hydrogens (tertiary/aromatic N) is 2. The van der Waals surface area contributed by atoms with Gasteiger partial charge >= 0.3 is 0 Å². The van der Waals surface area contributed by atoms with Crippen molar-refractivity contribution in [3.8, 4) is 0 Å². The average Bonchev–Trinajstić information content (AvgIpc) is 2.76. The summed E-state index contributed by atoms with van der Waals surface area (Å²) in [6.07, 6.45) is 6.47. The molecule has 2 unspecified atom stereocenters. The van der Waals surface area contributed by atoms with Gasteiger partial charge in [0.15, 0.2) is 0 Å². The van der Waals surface area contributed by atoms with Crippen LogP contribution in [0.3, 0.4) is 0 Å². The minimum absolute atomic E-state index is 0.410. The molecule has 1 aromatic heterocycles. The van der Waals surface area contributed by atoms with Gasteiger partial charge in [-0.15, -0.1) is 0 Å². The molecule has 2 aliphatic heterocycles. The number of carbonyl (C=O) groups is 1. The van der Waals surface area contributed by atoms with Crippen molar-refractivity contribution in [3.05, 3.63) is 23.9 Å². The molecule has 3 heterocycles. The fraction of sp³-hybridized carbons (Fsp3) is 0.571. The second-order valence-corrected chi connectivity index (χ2v) is 5.61. The van der Waals surface area contributed by atoms with Gasteiger partial charge in [0.25, 0.3) is 5.91 Å². The van der Waals surface area contributed by atoms with Crippen LogP contribution >= 0.6 is 0 Å². The first-order valence-electron chi connectivity index (χ1n) is 6.89. The normalized spacial score (nSPS) is 29.2. The zero-order chi connectivity index (χ0) is 13.4. The van der Waals surface area contributed by atoms with Gasteiger partial charge < -0.3 is 16.0 Å². The van der Waals surface area contributed by atoms with Crippen LogP contribution in [-0.4, -0.2) is 36.1 Å². The van der Waals surface area contributed by atoms with Crippen molar-refractivity contribution in [2.75, 3.05) is 11.9 Å². The summed E-state index contributed by atoms with van der Waals surface area (Å²) in [6.45, 7) is 0. The molecule has 3 N–H and O–H groups in total. The summed E-state index contributed by atoms with van der Waals surface area (Å²) in [6, 6.07) is 5.17. The second-order valence-electron chi connectivity index (χ2n) is 5.61. The molecular weight excluding hydrogens is 240 g/mol. The van der Waals surface area contributed by atoms with Gasteiger partial charge in [-0.05, 0) is 37.8 Å². The third-order valence-electron chi connectivity index (χ3n) is 4.38. The lowest BCUT2D eigenvalue weighted by Crippen LogP contribution is -2.47. The number of carbonyl (C=O) groups excluding carboxylic acids is 1. The van der Waals surface area contributed by atoms with Crippen molar-refractivity contribution in [2.45, 2.75) is 43.8 Å². The highest BCUT2D eigenvalue weighted by molar-refractivity contribution is 5.97. The topological polar surface area (TPSA) is 71.2 Å². The van der Waals surface area contributed by atoms with E-state index >= 15 is 0 Å². The van der Waals surface area contributed by atoms with Crippen LogP contribution in [0.4, 0.5) is 5.82 Å². The van der Waals surface area contributed by atoms with E-state index in [0.29, 0.717) is 29.5 Å². The highest BCUT2D eigenvalue weighted by Gasteiger charge is 2.36. The SMILES string of the molecule is CN(c1ncccc1C(N)=O)C1CC2CCC(C1)N2. The molecule has 2 saturated heterocycles. The smallest absolute Gasteiger partial charge is 0.252 e. The predicted octanol–water partition coefficient (Wildman–Crippen LogP) is 0.900. The van der Waals surface area contributed by atoms with Gasteiger partial charge in [-0.1, -0.05) is 0 Å². The molecule has 2 atom stereocenters. The molecule has 19 heavy (non-hydrogen) atoms. The Balaban J connectivity index is 1.84. The van der Waals surface area contributed by atoms with Gasteiger partial charge in [-0.25, -0.2) is 4.98 Å². The van der Waals surface area contributed by atoms with E-state index in [2.05, 4.69) is 15.2 Å². The fourth-order valence-electron chi connectivity index (χ4n) is 3.39. The number of fused-ring (bicyclic) bond motifs is 2. The number of pyridine rings is 1. The number of anilines is 1. The zero-order valence-corrected chi connectivity index (χ0v) is 11.2. The highest BCUT2D eigenvalue weighted by Crippen LogP contribution is 2.31. The van der Waals surface area contributed by atoms with Crippen molar-refractivity contribution < 1.29 is 4.79 Å². The van der Waals surface area contributed by atoms with E-state index in [0.717, 1.165) is 12.8 Å². The Morgan fingerprint density at radius 1 is 1.42 bits per heavy atom. The summed E-state index contributed by atoms with van der Waals surface area (Å²) < 4.78 is 0. The lowest BCUT2D eigenvalue weighted by atomic mass is 9.98. The number of nitrogens with one attached hydrogen (secondary N) is 1. The van der Waals surface area contributed by atoms with Gasteiger partial charge in [0.2, 0.25) is 0 Å². The number of aromatic nitrogens is 1. The summed E-state index contributed by atoms with van der Waals surface area (Å²) in [4.78, 5) is 18.0. The molecule has 0 aliphatic carbocycles. The summed E-state index contributed by atoms with van der Waals surface area (Å²) in [5.41, 5.74) is 5.94. The Hall–Kier alpha value is -1.62. The van der Waals surface area contributed by atoms with E-state index in [9.17, 15) is 4.79 Å². The molecule has 0 saturated carbocycles. The van der Waals surface area contributed by atoms with Crippen LogP contribution in [0.15, 0.2) is 18.3 Å². The van der Waals surface area contributed by atoms with Gasteiger partial charge in [0.1, 0.15) is 5.82 Å². The molecule has 2 bridgehead atoms. The van der Waals surface area contributed by atoms with Crippen LogP contribution in [0.5, 0.6) is 0 Å². The molecule has 0 spiro atoms. The van der Waals surface area contributed by atoms with Crippen LogP contribution in [0.1, 0.15) is 36.0 Å². The van der Waals surface area contributed by atoms with Crippen molar-refractivity contribution in [1.29, 1.82) is 0 Å². The van der Waals surface area contributed by atoms with Crippen LogP contribution < -0.4 is 16.0 Å². The molecule has 2 aliphatic rings. The van der Waals surface area contributed by atoms with Gasteiger partial charge in [0, 0.05) is 31.4 Å². The quantitative estimate of drug-likeness (QED) is 0.847. The third kappa shape index (κ3) is 2.30. The Morgan fingerprint density at radius 2 is 2.11 bits per heavy atom. The van der Waals surface area contributed by atoms with Crippen LogP contribution in [0.2, 0.25) is 0 Å². The molecule has 5 nitrogen and oxygen atoms in total. The second kappa shape index (κ2) is 4.81. The summed E-state index contributed by atoms with van der Waals surface area (Å²) >= 11 is 0. The Morgan fingerprint density at radius 3 is 2.74 bits per heavy atom. The van der Waals surface area contributed by atoms with E-state index in [1.165, 1.54) is 12.8 Å². The molecule has 2 fully saturated rings. The Labute approximate surface area is 113 Å². The van der Waals surface area contributed by atoms with Gasteiger partial charge in [-0.3, -0.25) is 4.79 Å². The number of piperidine rings is 1. The largest absolute Gasteiger partial charge is 0.365 e. The van der Waals surface area contributed by atoms with E-state index in [1.54, 1.807) is 18.3 Å². The average molecular weight is 260 g/mol. The molecule has 0 aromatic carbocycles. The first-order chi connectivity index (χ1) is 9.15. The van der Waals surface area contributed by atoms with E-state index < -0.39 is 5.91 Å². The van der Waals surface area contributed by atoms with E-state index in [1.807, 2.05) is 7.05 Å². The molecule has 5 heteroatoms. The molecule has 0 radical (unpaired) electrons. The predicted molar refractivity (Wildman–Crippen MR) is 74.1 cm³/mol. The maximum Gasteiger partial charge on any atom is 0.252 e. The number of amides is 1. The zero-order valence-electron chi connectivity index (χ0n) is 11.2. The van der Waals surface area contributed by atoms with E-state index in [-0.39, 0.29) is 0 Å². The van der Waals surface area contributed by atoms with Crippen LogP contribution in [-0.2, 0) is 0 Å². The van der Waals surface area contributed by atoms with Gasteiger partial charge in [0.05, 0.1) is 5.56 Å². The summed E-state index contributed by atoms with van der Waals surface area (Å²) in [7, 11) is 2.02. The number of nitrogens with two attached hydrogens (primary N) is 1. The fourth-order valence-corrected chi connectivity index (χ4v) is 3.39. The minimum atomic E-state index is -0.410. The minimum Gasteiger partial charge on any atom is -0.365 e. The maximum absolute atomic E-state index is 11.5. The number of primary amides is 1. The van der Waals surface area contributed by atoms with Crippen molar-refractivity contribution in [3.63, 3.8) is 0 Å². The third-order valence-corrected chi connectivity index (χ3v) is 4.38. The standard InChI is InChI=1S/C14H20N4O/c1-18(11-7-9-4-5-10(8-11)17-9)14-12(13(15)19)3-2-6-16-14/h2-3,6,9-11,17H,4-5,7-8H2,1H3,(H2,15,19). The monoisotopic (exact) mass is 260 g/mol. The molecule has 102 valence electrons. The maximum atomic E-state index is 11.5. The molecule has 1 amide bonds. The number of rotatable bonds is 3. The van der Waals surface area contributed by atoms with E-state index in [4.69, 9.17) is 5.73 Å². The highest BCUT2D eigenvalue weighted by atomic mass is 16.1. The Kier molecular flexibility index (Phi) is 3.14. The number of hydrogen-bond donors (Lipinski definition) is 2. The van der Waals surface area contributed by atoms with Gasteiger partial charge in [-0.2, -0.15) is 0 Å². The lowest BCUT2D eigenvalue weighted by Gasteiger charge is -2.36. The first kappa shape index (κ1) is 12.4. The summed E-state index contributed by atoms with van der Waals surface area (Å²) in [5.74, 6) is 0.299. The van der Waals surface area contributed by atoms with Crippen LogP contribution in [0.25, 0.3) is 0 Å². The van der Waals surface area contributed by atoms with Crippen molar-refractivity contribution in [2.24, 2.45) is 5.73 Å². The summed E-state index contributed by atoms with van der Waals surface area (Å²) in [5, 5.41) is 3.63.